The fraction of sp³-hybridized carbons (Fsp3) is 0.250. The largest absolute Gasteiger partial charge is 0.385 e. The van der Waals surface area contributed by atoms with E-state index >= 15 is 0 Å². The second-order valence-electron chi connectivity index (χ2n) is 8.38. The van der Waals surface area contributed by atoms with E-state index in [1.54, 1.807) is 48.5 Å². The third-order valence-corrected chi connectivity index (χ3v) is 5.97. The highest BCUT2D eigenvalue weighted by molar-refractivity contribution is 6.32. The van der Waals surface area contributed by atoms with Gasteiger partial charge in [0.25, 0.3) is 0 Å². The summed E-state index contributed by atoms with van der Waals surface area (Å²) in [6.07, 6.45) is 5.04. The number of methoxy groups -OCH3 is 1. The van der Waals surface area contributed by atoms with Gasteiger partial charge >= 0.3 is 6.03 Å². The van der Waals surface area contributed by atoms with Gasteiger partial charge in [-0.1, -0.05) is 29.8 Å². The molecule has 0 saturated heterocycles. The van der Waals surface area contributed by atoms with Gasteiger partial charge < -0.3 is 25.6 Å². The predicted molar refractivity (Wildman–Crippen MR) is 152 cm³/mol. The van der Waals surface area contributed by atoms with Crippen LogP contribution in [0.5, 0.6) is 0 Å². The van der Waals surface area contributed by atoms with Crippen LogP contribution in [-0.4, -0.2) is 44.2 Å². The number of carbonyl (C=O) groups is 2. The van der Waals surface area contributed by atoms with E-state index in [4.69, 9.17) is 16.3 Å². The van der Waals surface area contributed by atoms with Gasteiger partial charge in [0.2, 0.25) is 6.41 Å². The summed E-state index contributed by atoms with van der Waals surface area (Å²) in [5, 5.41) is 8.60. The lowest BCUT2D eigenvalue weighted by atomic mass is 10.0. The Kier molecular flexibility index (Phi) is 10.6. The minimum absolute atomic E-state index is 0.0254. The van der Waals surface area contributed by atoms with Crippen molar-refractivity contribution in [2.24, 2.45) is 0 Å². The molecule has 0 spiro atoms. The minimum atomic E-state index is -0.667. The van der Waals surface area contributed by atoms with E-state index < -0.39 is 11.8 Å². The fourth-order valence-electron chi connectivity index (χ4n) is 3.71. The lowest BCUT2D eigenvalue weighted by molar-refractivity contribution is -0.107. The van der Waals surface area contributed by atoms with Crippen molar-refractivity contribution >= 4 is 58.6 Å². The van der Waals surface area contributed by atoms with Gasteiger partial charge in [-0.15, -0.1) is 0 Å². The van der Waals surface area contributed by atoms with E-state index in [1.165, 1.54) is 6.07 Å². The highest BCUT2D eigenvalue weighted by Crippen LogP contribution is 2.33. The number of halogens is 2. The van der Waals surface area contributed by atoms with Crippen molar-refractivity contribution < 1.29 is 18.7 Å². The molecule has 0 aliphatic heterocycles. The summed E-state index contributed by atoms with van der Waals surface area (Å²) < 4.78 is 19.7. The van der Waals surface area contributed by atoms with Crippen LogP contribution in [0.15, 0.2) is 54.7 Å². The number of hydrogen-bond acceptors (Lipinski definition) is 5. The molecule has 2 aromatic carbocycles. The summed E-state index contributed by atoms with van der Waals surface area (Å²) in [5.74, 6) is -0.0407. The second-order valence-corrected chi connectivity index (χ2v) is 8.78. The van der Waals surface area contributed by atoms with E-state index in [0.29, 0.717) is 53.6 Å². The highest BCUT2D eigenvalue weighted by Gasteiger charge is 2.15. The van der Waals surface area contributed by atoms with E-state index in [1.807, 2.05) is 26.0 Å². The quantitative estimate of drug-likeness (QED) is 0.180. The maximum Gasteiger partial charge on any atom is 0.323 e. The molecule has 1 aromatic heterocycles. The Balaban J connectivity index is 1.89. The number of amides is 3. The van der Waals surface area contributed by atoms with Gasteiger partial charge in [-0.25, -0.2) is 14.2 Å². The molecule has 0 atom stereocenters. The Bertz CT molecular complexity index is 1290. The number of pyridine rings is 1. The van der Waals surface area contributed by atoms with Crippen LogP contribution in [0.4, 0.5) is 32.1 Å². The predicted octanol–water partition coefficient (Wildman–Crippen LogP) is 6.51. The van der Waals surface area contributed by atoms with Gasteiger partial charge in [-0.2, -0.15) is 0 Å². The zero-order chi connectivity index (χ0) is 27.5. The molecule has 3 N–H and O–H groups in total. The molecule has 3 rings (SSSR count). The van der Waals surface area contributed by atoms with Crippen molar-refractivity contribution in [3.63, 3.8) is 0 Å². The van der Waals surface area contributed by atoms with Crippen molar-refractivity contribution in [3.8, 4) is 0 Å². The lowest BCUT2D eigenvalue weighted by Crippen LogP contribution is -2.21. The molecule has 0 aliphatic rings. The zero-order valence-electron chi connectivity index (χ0n) is 21.6. The number of allylic oxidation sites excluding steroid dienone is 1. The number of nitrogens with one attached hydrogen (secondary N) is 3. The van der Waals surface area contributed by atoms with Gasteiger partial charge in [-0.05, 0) is 61.7 Å². The first-order chi connectivity index (χ1) is 18.4. The second kappa shape index (κ2) is 14.1. The Morgan fingerprint density at radius 1 is 1.18 bits per heavy atom. The summed E-state index contributed by atoms with van der Waals surface area (Å²) in [7, 11) is 1.65. The van der Waals surface area contributed by atoms with E-state index in [-0.39, 0.29) is 10.7 Å². The average Bonchev–Trinajstić information content (AvgIpc) is 2.90. The smallest absolute Gasteiger partial charge is 0.323 e. The van der Waals surface area contributed by atoms with Crippen LogP contribution < -0.4 is 20.9 Å². The molecule has 0 radical (unpaired) electrons. The van der Waals surface area contributed by atoms with Crippen LogP contribution in [0.25, 0.3) is 11.6 Å². The standard InChI is InChI=1S/C28H31ClFN5O3/c1-4-35(18-36)26-16-27(31-11-8-12-38-3)32-17-20(26)13-19(2)22-14-25(24(30)15-23(22)29)34-28(37)33-21-9-6-5-7-10-21/h5-7,9-10,13-18H,4,8,11-12H2,1-3H3,(H,31,32)(H2,33,34,37)/b19-13+. The van der Waals surface area contributed by atoms with Crippen molar-refractivity contribution in [1.29, 1.82) is 0 Å². The maximum atomic E-state index is 14.7. The first kappa shape index (κ1) is 28.6. The number of urea groups is 1. The van der Waals surface area contributed by atoms with Crippen LogP contribution >= 0.6 is 11.6 Å². The van der Waals surface area contributed by atoms with E-state index in [9.17, 15) is 14.0 Å². The molecular formula is C28H31ClFN5O3. The zero-order valence-corrected chi connectivity index (χ0v) is 22.3. The molecule has 3 aromatic rings. The normalized spacial score (nSPS) is 11.1. The number of benzene rings is 2. The summed E-state index contributed by atoms with van der Waals surface area (Å²) in [6.45, 7) is 5.43. The summed E-state index contributed by atoms with van der Waals surface area (Å²) in [4.78, 5) is 30.2. The van der Waals surface area contributed by atoms with Gasteiger partial charge in [0.1, 0.15) is 11.6 Å². The molecule has 0 bridgehead atoms. The van der Waals surface area contributed by atoms with Crippen molar-refractivity contribution in [2.75, 3.05) is 47.7 Å². The molecular weight excluding hydrogens is 509 g/mol. The number of para-hydroxylation sites is 1. The Morgan fingerprint density at radius 3 is 2.63 bits per heavy atom. The van der Waals surface area contributed by atoms with Gasteiger partial charge in [0.05, 0.1) is 16.4 Å². The average molecular weight is 540 g/mol. The van der Waals surface area contributed by atoms with Crippen LogP contribution in [0.1, 0.15) is 31.4 Å². The molecule has 0 unspecified atom stereocenters. The molecule has 10 heteroatoms. The number of rotatable bonds is 12. The first-order valence-corrected chi connectivity index (χ1v) is 12.5. The maximum absolute atomic E-state index is 14.7. The van der Waals surface area contributed by atoms with Gasteiger partial charge in [-0.3, -0.25) is 4.79 Å². The summed E-state index contributed by atoms with van der Waals surface area (Å²) in [5.41, 5.74) is 3.09. The molecule has 0 fully saturated rings. The van der Waals surface area contributed by atoms with Crippen LogP contribution in [0.3, 0.4) is 0 Å². The highest BCUT2D eigenvalue weighted by atomic mass is 35.5. The third kappa shape index (κ3) is 7.77. The number of ether oxygens (including phenoxy) is 1. The molecule has 3 amide bonds. The number of anilines is 4. The molecule has 0 saturated carbocycles. The summed E-state index contributed by atoms with van der Waals surface area (Å²) in [6, 6.07) is 12.7. The number of hydrogen-bond donors (Lipinski definition) is 3. The van der Waals surface area contributed by atoms with Gasteiger partial charge in [0, 0.05) is 50.3 Å². The molecule has 1 heterocycles. The number of nitrogens with zero attached hydrogens (tertiary/aromatic N) is 2. The van der Waals surface area contributed by atoms with Crippen molar-refractivity contribution in [3.05, 3.63) is 76.7 Å². The van der Waals surface area contributed by atoms with Crippen molar-refractivity contribution in [2.45, 2.75) is 20.3 Å². The fourth-order valence-corrected chi connectivity index (χ4v) is 4.01. The SMILES string of the molecule is CCN(C=O)c1cc(NCCCOC)ncc1/C=C(\C)c1cc(NC(=O)Nc2ccccc2)c(F)cc1Cl. The monoisotopic (exact) mass is 539 g/mol. The van der Waals surface area contributed by atoms with Crippen molar-refractivity contribution in [1.82, 2.24) is 4.98 Å². The molecule has 200 valence electrons. The topological polar surface area (TPSA) is 95.6 Å². The molecule has 0 aliphatic carbocycles. The number of aromatic nitrogens is 1. The van der Waals surface area contributed by atoms with Crippen LogP contribution in [0, 0.1) is 5.82 Å². The first-order valence-electron chi connectivity index (χ1n) is 12.1. The van der Waals surface area contributed by atoms with E-state index in [2.05, 4.69) is 20.9 Å². The number of carbonyl (C=O) groups excluding carboxylic acids is 2. The van der Waals surface area contributed by atoms with Crippen LogP contribution in [-0.2, 0) is 9.53 Å². The van der Waals surface area contributed by atoms with E-state index in [0.717, 1.165) is 18.9 Å². The molecule has 38 heavy (non-hydrogen) atoms. The Hall–Kier alpha value is -3.95. The van der Waals surface area contributed by atoms with Crippen LogP contribution in [0.2, 0.25) is 5.02 Å². The third-order valence-electron chi connectivity index (χ3n) is 5.65. The summed E-state index contributed by atoms with van der Waals surface area (Å²) >= 11 is 6.38. The van der Waals surface area contributed by atoms with Gasteiger partial charge in [0.15, 0.2) is 0 Å². The lowest BCUT2D eigenvalue weighted by Gasteiger charge is -2.19. The Morgan fingerprint density at radius 2 is 1.95 bits per heavy atom. The minimum Gasteiger partial charge on any atom is -0.385 e. The molecule has 8 nitrogen and oxygen atoms in total. The Labute approximate surface area is 226 Å².